The third kappa shape index (κ3) is 3.18. The van der Waals surface area contributed by atoms with E-state index in [1.54, 1.807) is 0 Å². The van der Waals surface area contributed by atoms with Gasteiger partial charge in [-0.1, -0.05) is 33.8 Å². The fourth-order valence-corrected chi connectivity index (χ4v) is 5.34. The van der Waals surface area contributed by atoms with Crippen molar-refractivity contribution in [3.8, 4) is 0 Å². The lowest BCUT2D eigenvalue weighted by atomic mass is 10.5. The van der Waals surface area contributed by atoms with Crippen molar-refractivity contribution in [3.05, 3.63) is 12.3 Å². The van der Waals surface area contributed by atoms with E-state index in [9.17, 15) is 0 Å². The van der Waals surface area contributed by atoms with Gasteiger partial charge in [0.25, 0.3) is 0 Å². The highest BCUT2D eigenvalue weighted by molar-refractivity contribution is 6.77. The second-order valence-electron chi connectivity index (χ2n) is 3.69. The molecule has 0 aliphatic heterocycles. The molecule has 0 atom stereocenters. The van der Waals surface area contributed by atoms with Gasteiger partial charge in [-0.2, -0.15) is 0 Å². The van der Waals surface area contributed by atoms with E-state index in [0.29, 0.717) is 0 Å². The molecule has 0 heterocycles. The first kappa shape index (κ1) is 12.8. The zero-order valence-corrected chi connectivity index (χ0v) is 10.9. The van der Waals surface area contributed by atoms with Gasteiger partial charge in [0.2, 0.25) is 0 Å². The van der Waals surface area contributed by atoms with Crippen LogP contribution in [0.1, 0.15) is 34.1 Å². The normalized spacial score (nSPS) is 12.4. The smallest absolute Gasteiger partial charge is 0.154 e. The Morgan fingerprint density at radius 2 is 1.46 bits per heavy atom. The Morgan fingerprint density at radius 3 is 1.77 bits per heavy atom. The largest absolute Gasteiger partial charge is 0.406 e. The maximum Gasteiger partial charge on any atom is 0.154 e. The van der Waals surface area contributed by atoms with Crippen molar-refractivity contribution < 1.29 is 0 Å². The van der Waals surface area contributed by atoms with E-state index in [2.05, 4.69) is 51.6 Å². The van der Waals surface area contributed by atoms with Crippen molar-refractivity contribution in [3.63, 3.8) is 0 Å². The zero-order valence-electron chi connectivity index (χ0n) is 9.93. The summed E-state index contributed by atoms with van der Waals surface area (Å²) < 4.78 is 2.52. The molecular formula is C11H25NSi. The van der Waals surface area contributed by atoms with E-state index in [-0.39, 0.29) is 0 Å². The molecule has 0 aliphatic rings. The first-order valence-electron chi connectivity index (χ1n) is 5.56. The molecule has 0 aromatic heterocycles. The highest BCUT2D eigenvalue weighted by Gasteiger charge is 2.30. The van der Waals surface area contributed by atoms with Gasteiger partial charge < -0.3 is 4.57 Å². The van der Waals surface area contributed by atoms with Gasteiger partial charge in [-0.25, -0.2) is 0 Å². The van der Waals surface area contributed by atoms with E-state index in [0.717, 1.165) is 6.42 Å². The van der Waals surface area contributed by atoms with Crippen LogP contribution in [0, 0.1) is 0 Å². The Bertz CT molecular complexity index is 142. The quantitative estimate of drug-likeness (QED) is 0.587. The molecule has 0 unspecified atom stereocenters. The maximum absolute atomic E-state index is 2.52. The molecule has 2 heteroatoms. The van der Waals surface area contributed by atoms with Gasteiger partial charge in [0.1, 0.15) is 0 Å². The van der Waals surface area contributed by atoms with Crippen LogP contribution in [0.25, 0.3) is 0 Å². The lowest BCUT2D eigenvalue weighted by Crippen LogP contribution is -2.46. The summed E-state index contributed by atoms with van der Waals surface area (Å²) in [6, 6.07) is 4.10. The van der Waals surface area contributed by atoms with Gasteiger partial charge in [-0.3, -0.25) is 0 Å². The number of hydrogen-bond acceptors (Lipinski definition) is 1. The van der Waals surface area contributed by atoms with Gasteiger partial charge in [-0.15, -0.1) is 0 Å². The van der Waals surface area contributed by atoms with Crippen molar-refractivity contribution in [1.82, 2.24) is 4.57 Å². The molecule has 0 rings (SSSR count). The van der Waals surface area contributed by atoms with Gasteiger partial charge in [0.15, 0.2) is 8.24 Å². The average molecular weight is 199 g/mol. The monoisotopic (exact) mass is 199 g/mol. The summed E-state index contributed by atoms with van der Waals surface area (Å²) in [5, 5.41) is 0. The van der Waals surface area contributed by atoms with Crippen molar-refractivity contribution in [2.45, 2.75) is 52.2 Å². The number of rotatable bonds is 6. The van der Waals surface area contributed by atoms with Crippen molar-refractivity contribution >= 4 is 8.24 Å². The summed E-state index contributed by atoms with van der Waals surface area (Å²) in [6.45, 7) is 9.22. The van der Waals surface area contributed by atoms with Crippen LogP contribution in [0.4, 0.5) is 0 Å². The highest BCUT2D eigenvalue weighted by Crippen LogP contribution is 2.23. The maximum atomic E-state index is 2.52. The zero-order chi connectivity index (χ0) is 10.3. The van der Waals surface area contributed by atoms with Crippen LogP contribution in [0.3, 0.4) is 0 Å². The minimum absolute atomic E-state index is 1.11. The minimum Gasteiger partial charge on any atom is -0.406 e. The first-order valence-corrected chi connectivity index (χ1v) is 8.13. The molecule has 0 saturated carbocycles. The fraction of sp³-hybridized carbons (Fsp3) is 0.818. The van der Waals surface area contributed by atoms with Crippen LogP contribution in [0.5, 0.6) is 0 Å². The molecule has 0 amide bonds. The lowest BCUT2D eigenvalue weighted by molar-refractivity contribution is 0.657. The van der Waals surface area contributed by atoms with Crippen LogP contribution in [0.15, 0.2) is 12.3 Å². The number of nitrogens with zero attached hydrogens (tertiary/aromatic N) is 1. The molecule has 0 bridgehead atoms. The third-order valence-electron chi connectivity index (χ3n) is 3.29. The molecule has 0 fully saturated rings. The Kier molecular flexibility index (Phi) is 6.13. The standard InChI is InChI=1S/C11H25NSi/c1-6-10-11-12(5)13(7-2,8-3)9-4/h10-11H,6-9H2,1-5H3. The van der Waals surface area contributed by atoms with Crippen molar-refractivity contribution in [2.24, 2.45) is 0 Å². The summed E-state index contributed by atoms with van der Waals surface area (Å²) in [4.78, 5) is 0. The SMILES string of the molecule is CCC=CN(C)[Si](CC)(CC)CC. The Labute approximate surface area is 84.9 Å². The molecule has 0 aliphatic carbocycles. The van der Waals surface area contributed by atoms with Crippen LogP contribution in [0.2, 0.25) is 18.1 Å². The molecule has 13 heavy (non-hydrogen) atoms. The molecule has 0 radical (unpaired) electrons. The van der Waals surface area contributed by atoms with E-state index in [1.165, 1.54) is 18.1 Å². The summed E-state index contributed by atoms with van der Waals surface area (Å²) in [5.74, 6) is 0. The molecule has 0 saturated heterocycles. The van der Waals surface area contributed by atoms with E-state index >= 15 is 0 Å². The Morgan fingerprint density at radius 1 is 1.00 bits per heavy atom. The minimum atomic E-state index is -1.11. The summed E-state index contributed by atoms with van der Waals surface area (Å²) in [6.07, 6.45) is 5.71. The molecule has 0 aromatic rings. The predicted molar refractivity (Wildman–Crippen MR) is 64.4 cm³/mol. The lowest BCUT2D eigenvalue weighted by Gasteiger charge is -2.37. The summed E-state index contributed by atoms with van der Waals surface area (Å²) in [7, 11) is 1.15. The van der Waals surface area contributed by atoms with E-state index in [4.69, 9.17) is 0 Å². The number of allylic oxidation sites excluding steroid dienone is 1. The van der Waals surface area contributed by atoms with Crippen LogP contribution >= 0.6 is 0 Å². The molecular weight excluding hydrogens is 174 g/mol. The molecule has 78 valence electrons. The molecule has 0 N–H and O–H groups in total. The summed E-state index contributed by atoms with van der Waals surface area (Å²) in [5.41, 5.74) is 0. The van der Waals surface area contributed by atoms with Gasteiger partial charge in [-0.05, 0) is 37.8 Å². The van der Waals surface area contributed by atoms with Gasteiger partial charge >= 0.3 is 0 Å². The van der Waals surface area contributed by atoms with Gasteiger partial charge in [0, 0.05) is 0 Å². The molecule has 0 spiro atoms. The van der Waals surface area contributed by atoms with Crippen LogP contribution in [-0.2, 0) is 0 Å². The predicted octanol–water partition coefficient (Wildman–Crippen LogP) is 3.85. The van der Waals surface area contributed by atoms with Crippen LogP contribution in [-0.4, -0.2) is 19.8 Å². The topological polar surface area (TPSA) is 3.24 Å². The van der Waals surface area contributed by atoms with Crippen LogP contribution < -0.4 is 0 Å². The number of hydrogen-bond donors (Lipinski definition) is 0. The second-order valence-corrected chi connectivity index (χ2v) is 8.96. The first-order chi connectivity index (χ1) is 6.16. The summed E-state index contributed by atoms with van der Waals surface area (Å²) >= 11 is 0. The van der Waals surface area contributed by atoms with Crippen molar-refractivity contribution in [1.29, 1.82) is 0 Å². The second kappa shape index (κ2) is 6.25. The third-order valence-corrected chi connectivity index (χ3v) is 8.88. The van der Waals surface area contributed by atoms with Gasteiger partial charge in [0.05, 0.1) is 0 Å². The Balaban J connectivity index is 4.43. The van der Waals surface area contributed by atoms with Crippen molar-refractivity contribution in [2.75, 3.05) is 7.05 Å². The average Bonchev–Trinajstić information content (AvgIpc) is 2.18. The van der Waals surface area contributed by atoms with E-state index in [1.807, 2.05) is 0 Å². The van der Waals surface area contributed by atoms with E-state index < -0.39 is 8.24 Å². The molecule has 0 aromatic carbocycles. The Hall–Kier alpha value is -0.243. The molecule has 1 nitrogen and oxygen atoms in total. The fourth-order valence-electron chi connectivity index (χ4n) is 1.92. The highest BCUT2D eigenvalue weighted by atomic mass is 28.3.